The van der Waals surface area contributed by atoms with Crippen LogP contribution >= 0.6 is 22.7 Å². The topological polar surface area (TPSA) is 18.5 Å². The Balaban J connectivity index is 1.88. The molecule has 0 amide bonds. The summed E-state index contributed by atoms with van der Waals surface area (Å²) in [7, 11) is 0. The predicted octanol–water partition coefficient (Wildman–Crippen LogP) is 23.4. The summed E-state index contributed by atoms with van der Waals surface area (Å²) in [6.07, 6.45) is 61.1. The van der Waals surface area contributed by atoms with E-state index in [0.29, 0.717) is 12.2 Å². The van der Waals surface area contributed by atoms with Gasteiger partial charge in [-0.15, -0.1) is 0 Å². The molecular weight excluding hydrogens is 1110 g/mol. The summed E-state index contributed by atoms with van der Waals surface area (Å²) in [5, 5.41) is 2.80. The van der Waals surface area contributed by atoms with E-state index in [2.05, 4.69) is 87.2 Å². The number of hydrogen-bond acceptors (Lipinski definition) is 4. The molecule has 0 fully saturated rings. The van der Waals surface area contributed by atoms with Crippen molar-refractivity contribution in [3.8, 4) is 11.5 Å². The second-order valence-corrected chi connectivity index (χ2v) is 49.8. The van der Waals surface area contributed by atoms with Gasteiger partial charge in [-0.1, -0.05) is 156 Å². The van der Waals surface area contributed by atoms with Gasteiger partial charge in [0.2, 0.25) is 0 Å². The molecule has 0 saturated carbocycles. The molecule has 3 rings (SSSR count). The van der Waals surface area contributed by atoms with Gasteiger partial charge in [0.15, 0.2) is 0 Å². The van der Waals surface area contributed by atoms with Crippen molar-refractivity contribution in [3.05, 3.63) is 12.1 Å². The molecule has 0 aliphatic heterocycles. The van der Waals surface area contributed by atoms with E-state index >= 15 is 0 Å². The van der Waals surface area contributed by atoms with E-state index in [1.165, 1.54) is 314 Å². The molecule has 0 spiro atoms. The molecule has 0 saturated heterocycles. The Kier molecular flexibility index (Phi) is 39.2. The van der Waals surface area contributed by atoms with Crippen LogP contribution < -0.4 is 15.3 Å². The van der Waals surface area contributed by atoms with Crippen LogP contribution in [0.2, 0.25) is 24.7 Å². The third kappa shape index (κ3) is 29.0. The normalized spacial score (nSPS) is 12.3. The van der Waals surface area contributed by atoms with E-state index in [1.807, 2.05) is 0 Å². The zero-order valence-electron chi connectivity index (χ0n) is 49.1. The van der Waals surface area contributed by atoms with Crippen molar-refractivity contribution >= 4 is 86.8 Å². The minimum atomic E-state index is -2.45. The van der Waals surface area contributed by atoms with Gasteiger partial charge in [-0.25, -0.2) is 0 Å². The first-order valence-electron chi connectivity index (χ1n) is 31.8. The van der Waals surface area contributed by atoms with E-state index in [1.54, 1.807) is 5.79 Å². The Hall–Kier alpha value is 0.337. The molecule has 71 heavy (non-hydrogen) atoms. The van der Waals surface area contributed by atoms with Gasteiger partial charge in [0.1, 0.15) is 0 Å². The van der Waals surface area contributed by atoms with Crippen molar-refractivity contribution in [2.45, 2.75) is 347 Å². The first-order chi connectivity index (χ1) is 34.6. The van der Waals surface area contributed by atoms with Crippen molar-refractivity contribution in [2.75, 3.05) is 0 Å². The average Bonchev–Trinajstić information content (AvgIpc) is 4.02. The van der Waals surface area contributed by atoms with E-state index < -0.39 is 38.1 Å². The van der Waals surface area contributed by atoms with Crippen LogP contribution in [-0.4, -0.2) is 50.3 Å². The third-order valence-electron chi connectivity index (χ3n) is 15.7. The summed E-state index contributed by atoms with van der Waals surface area (Å²) >= 11 is 0.0930. The molecule has 0 aliphatic carbocycles. The summed E-state index contributed by atoms with van der Waals surface area (Å²) in [5.74, 6) is 2.48. The predicted molar refractivity (Wildman–Crippen MR) is 332 cm³/mol. The number of benzene rings is 1. The average molecular weight is 1230 g/mol. The molecule has 0 atom stereocenters. The van der Waals surface area contributed by atoms with Crippen LogP contribution in [0.4, 0.5) is 0 Å². The number of rotatable bonds is 50. The summed E-state index contributed by atoms with van der Waals surface area (Å²) in [6.45, 7) is 9.32. The first-order valence-corrected chi connectivity index (χ1v) is 50.6. The number of hydrogen-bond donors (Lipinski definition) is 0. The van der Waals surface area contributed by atoms with E-state index in [9.17, 15) is 0 Å². The number of unbranched alkanes of at least 4 members (excludes halogenated alkanes) is 36. The molecule has 1 aromatic carbocycles. The van der Waals surface area contributed by atoms with Gasteiger partial charge in [0.05, 0.1) is 0 Å². The standard InChI is InChI=1S/C60H104O2S2.5CH3.2Sn/c1-5-9-13-17-21-25-29-33-37-41-45-53(46-42-38-34-30-26-22-18-14-10-6-2)61-57-55-49-51-64-60(55)58(56-50-52-63-59(56)57)62-54(47-43-39-35-31-27-23-19-15-11-7-3)48-44-40-36-32-28-24-20-16-12-8-4;;;;;;;/h49-50,53-54H,5-48H2,1-4H3;5*1H3;;. The van der Waals surface area contributed by atoms with Crippen molar-refractivity contribution in [1.29, 1.82) is 0 Å². The maximum absolute atomic E-state index is 7.67. The van der Waals surface area contributed by atoms with Crippen LogP contribution in [0, 0.1) is 0 Å². The Morgan fingerprint density at radius 1 is 0.366 bits per heavy atom. The Labute approximate surface area is 462 Å². The van der Waals surface area contributed by atoms with Gasteiger partial charge in [0, 0.05) is 0 Å². The van der Waals surface area contributed by atoms with Gasteiger partial charge in [-0.3, -0.25) is 0 Å². The molecule has 6 heteroatoms. The zero-order chi connectivity index (χ0) is 51.2. The second kappa shape index (κ2) is 42.4. The SMILES string of the molecule is CCCCCCCCCCCCC(CCCCCCCCCCCC)Oc1c2c[c]([Sn]([CH3])([CH3])[CH3])sc2c(OC(CCCCCCCCCCCC)CCCCCCCCCCCC)c2c[c]([Sn]([CH3])[CH3])sc12. The van der Waals surface area contributed by atoms with Crippen LogP contribution in [0.5, 0.6) is 11.5 Å². The van der Waals surface area contributed by atoms with E-state index in [4.69, 9.17) is 9.47 Å². The monoisotopic (exact) mass is 1240 g/mol. The fourth-order valence-corrected chi connectivity index (χ4v) is 22.2. The van der Waals surface area contributed by atoms with Gasteiger partial charge in [-0.05, 0) is 0 Å². The molecule has 411 valence electrons. The van der Waals surface area contributed by atoms with Crippen LogP contribution in [0.25, 0.3) is 20.2 Å². The Bertz CT molecular complexity index is 1530. The molecule has 2 aromatic heterocycles. The van der Waals surface area contributed by atoms with Crippen LogP contribution in [0.3, 0.4) is 0 Å². The van der Waals surface area contributed by atoms with Crippen molar-refractivity contribution in [3.63, 3.8) is 0 Å². The van der Waals surface area contributed by atoms with E-state index in [-0.39, 0.29) is 0 Å². The number of ether oxygens (including phenoxy) is 2. The quantitative estimate of drug-likeness (QED) is 0.0414. The number of thiophene rings is 2. The Morgan fingerprint density at radius 3 is 0.887 bits per heavy atom. The zero-order valence-corrected chi connectivity index (χ0v) is 56.4. The number of fused-ring (bicyclic) bond motifs is 2. The maximum atomic E-state index is 7.67. The molecule has 0 aliphatic rings. The molecule has 0 unspecified atom stereocenters. The fraction of sp³-hybridized carbons (Fsp3) is 0.846. The van der Waals surface area contributed by atoms with E-state index in [0.717, 1.165) is 0 Å². The van der Waals surface area contributed by atoms with Gasteiger partial charge in [-0.2, -0.15) is 0 Å². The molecule has 2 heterocycles. The molecule has 0 N–H and O–H groups in total. The summed E-state index contributed by atoms with van der Waals surface area (Å²) in [5.41, 5.74) is 0. The van der Waals surface area contributed by atoms with Crippen molar-refractivity contribution in [1.82, 2.24) is 0 Å². The van der Waals surface area contributed by atoms with Crippen LogP contribution in [-0.2, 0) is 0 Å². The molecular formula is C65H119O2S2Sn2. The fourth-order valence-electron chi connectivity index (χ4n) is 10.8. The van der Waals surface area contributed by atoms with Crippen LogP contribution in [0.15, 0.2) is 12.1 Å². The van der Waals surface area contributed by atoms with Crippen LogP contribution in [0.1, 0.15) is 310 Å². The summed E-state index contributed by atoms with van der Waals surface area (Å²) in [6, 6.07) is 5.28. The Morgan fingerprint density at radius 2 is 0.620 bits per heavy atom. The molecule has 2 nitrogen and oxygen atoms in total. The van der Waals surface area contributed by atoms with Gasteiger partial charge in [0.25, 0.3) is 0 Å². The first kappa shape index (κ1) is 65.6. The molecule has 1 radical (unpaired) electrons. The molecule has 3 aromatic rings. The summed E-state index contributed by atoms with van der Waals surface area (Å²) < 4.78 is 21.5. The second-order valence-electron chi connectivity index (χ2n) is 24.0. The van der Waals surface area contributed by atoms with Crippen molar-refractivity contribution < 1.29 is 9.47 Å². The minimum absolute atomic E-state index is 0.296. The van der Waals surface area contributed by atoms with Gasteiger partial charge >= 0.3 is 311 Å². The third-order valence-corrected chi connectivity index (χ3v) is 34.0. The molecule has 0 bridgehead atoms. The summed E-state index contributed by atoms with van der Waals surface area (Å²) in [4.78, 5) is 13.0. The van der Waals surface area contributed by atoms with Crippen molar-refractivity contribution in [2.24, 2.45) is 0 Å². The van der Waals surface area contributed by atoms with Gasteiger partial charge < -0.3 is 0 Å².